The van der Waals surface area contributed by atoms with Gasteiger partial charge in [-0.05, 0) is 45.4 Å². The maximum absolute atomic E-state index is 12.0. The highest BCUT2D eigenvalue weighted by atomic mass is 32.2. The Hall–Kier alpha value is -1.90. The zero-order chi connectivity index (χ0) is 19.0. The minimum absolute atomic E-state index is 0.0299. The van der Waals surface area contributed by atoms with Crippen molar-refractivity contribution in [3.05, 3.63) is 11.3 Å². The van der Waals surface area contributed by atoms with Crippen LogP contribution < -0.4 is 10.3 Å². The molecule has 27 heavy (non-hydrogen) atoms. The summed E-state index contributed by atoms with van der Waals surface area (Å²) < 4.78 is 25.9. The first-order valence-corrected chi connectivity index (χ1v) is 11.6. The Morgan fingerprint density at radius 1 is 1.22 bits per heavy atom. The molecule has 0 bridgehead atoms. The predicted molar refractivity (Wildman–Crippen MR) is 104 cm³/mol. The molecule has 1 amide bonds. The van der Waals surface area contributed by atoms with Gasteiger partial charge in [-0.15, -0.1) is 0 Å². The van der Waals surface area contributed by atoms with Crippen LogP contribution in [0.3, 0.4) is 0 Å². The van der Waals surface area contributed by atoms with Gasteiger partial charge >= 0.3 is 0 Å². The van der Waals surface area contributed by atoms with Crippen LogP contribution in [0.15, 0.2) is 5.10 Å². The van der Waals surface area contributed by atoms with Gasteiger partial charge in [0.05, 0.1) is 35.0 Å². The van der Waals surface area contributed by atoms with Gasteiger partial charge in [-0.2, -0.15) is 10.2 Å². The van der Waals surface area contributed by atoms with Gasteiger partial charge in [0.15, 0.2) is 9.84 Å². The number of anilines is 1. The summed E-state index contributed by atoms with van der Waals surface area (Å²) in [4.78, 5) is 14.1. The third-order valence-electron chi connectivity index (χ3n) is 5.63. The summed E-state index contributed by atoms with van der Waals surface area (Å²) in [7, 11) is -3.00. The Morgan fingerprint density at radius 2 is 1.96 bits per heavy atom. The van der Waals surface area contributed by atoms with Crippen molar-refractivity contribution in [2.75, 3.05) is 29.5 Å². The molecule has 8 nitrogen and oxygen atoms in total. The van der Waals surface area contributed by atoms with Crippen molar-refractivity contribution >= 4 is 27.8 Å². The van der Waals surface area contributed by atoms with Gasteiger partial charge in [-0.3, -0.25) is 4.79 Å². The second-order valence-corrected chi connectivity index (χ2v) is 10.1. The number of nitrogens with zero attached hydrogens (tertiary/aromatic N) is 4. The number of rotatable bonds is 5. The van der Waals surface area contributed by atoms with Crippen molar-refractivity contribution < 1.29 is 13.2 Å². The Balaban J connectivity index is 1.64. The molecule has 1 aromatic heterocycles. The Morgan fingerprint density at radius 3 is 2.59 bits per heavy atom. The number of hydrogen-bond donors (Lipinski definition) is 1. The average Bonchev–Trinajstić information content (AvgIpc) is 3.36. The fourth-order valence-corrected chi connectivity index (χ4v) is 5.63. The van der Waals surface area contributed by atoms with Gasteiger partial charge in [0.25, 0.3) is 0 Å². The maximum Gasteiger partial charge on any atom is 0.243 e. The monoisotopic (exact) mass is 393 g/mol. The summed E-state index contributed by atoms with van der Waals surface area (Å²) >= 11 is 0. The molecule has 0 spiro atoms. The van der Waals surface area contributed by atoms with E-state index < -0.39 is 9.84 Å². The molecule has 2 saturated heterocycles. The SMILES string of the molecule is Cc1nn([C@@H]2CCS(=O)(=O)C2)c(N2CCCCC2)c1C=NNC(=O)C1CC1. The molecule has 0 aromatic carbocycles. The van der Waals surface area contributed by atoms with Gasteiger partial charge in [0.2, 0.25) is 5.91 Å². The third kappa shape index (κ3) is 4.02. The molecule has 1 aromatic rings. The van der Waals surface area contributed by atoms with E-state index in [2.05, 4.69) is 20.5 Å². The third-order valence-corrected chi connectivity index (χ3v) is 7.38. The minimum Gasteiger partial charge on any atom is -0.356 e. The summed E-state index contributed by atoms with van der Waals surface area (Å²) in [5.74, 6) is 1.38. The van der Waals surface area contributed by atoms with Crippen LogP contribution in [-0.4, -0.2) is 54.9 Å². The Bertz CT molecular complexity index is 851. The van der Waals surface area contributed by atoms with E-state index >= 15 is 0 Å². The smallest absolute Gasteiger partial charge is 0.243 e. The molecule has 1 N–H and O–H groups in total. The fraction of sp³-hybridized carbons (Fsp3) is 0.722. The number of aromatic nitrogens is 2. The first-order valence-electron chi connectivity index (χ1n) is 9.82. The molecule has 0 unspecified atom stereocenters. The van der Waals surface area contributed by atoms with Gasteiger partial charge in [0, 0.05) is 19.0 Å². The summed E-state index contributed by atoms with van der Waals surface area (Å²) in [5, 5.41) is 8.85. The number of aryl methyl sites for hydroxylation is 1. The number of sulfone groups is 1. The van der Waals surface area contributed by atoms with Gasteiger partial charge in [-0.25, -0.2) is 18.5 Å². The normalized spacial score (nSPS) is 25.2. The van der Waals surface area contributed by atoms with E-state index in [0.717, 1.165) is 55.8 Å². The summed E-state index contributed by atoms with van der Waals surface area (Å²) in [6.07, 6.45) is 7.58. The van der Waals surface area contributed by atoms with E-state index in [1.807, 2.05) is 11.6 Å². The molecular weight excluding hydrogens is 366 g/mol. The highest BCUT2D eigenvalue weighted by Gasteiger charge is 2.34. The maximum atomic E-state index is 12.0. The molecule has 9 heteroatoms. The molecular formula is C18H27N5O3S. The zero-order valence-corrected chi connectivity index (χ0v) is 16.5. The van der Waals surface area contributed by atoms with E-state index in [-0.39, 0.29) is 29.4 Å². The first kappa shape index (κ1) is 18.5. The van der Waals surface area contributed by atoms with E-state index in [0.29, 0.717) is 6.42 Å². The van der Waals surface area contributed by atoms with Gasteiger partial charge in [-0.1, -0.05) is 0 Å². The lowest BCUT2D eigenvalue weighted by atomic mass is 10.1. The molecule has 3 heterocycles. The first-order chi connectivity index (χ1) is 12.9. The summed E-state index contributed by atoms with van der Waals surface area (Å²) in [6.45, 7) is 3.78. The predicted octanol–water partition coefficient (Wildman–Crippen LogP) is 1.40. The van der Waals surface area contributed by atoms with Gasteiger partial charge < -0.3 is 4.90 Å². The number of piperidine rings is 1. The highest BCUT2D eigenvalue weighted by Crippen LogP contribution is 2.33. The molecule has 3 fully saturated rings. The second kappa shape index (κ2) is 7.26. The molecule has 1 aliphatic carbocycles. The average molecular weight is 394 g/mol. The van der Waals surface area contributed by atoms with Crippen LogP contribution in [0.5, 0.6) is 0 Å². The topological polar surface area (TPSA) is 96.7 Å². The fourth-order valence-electron chi connectivity index (χ4n) is 3.94. The largest absolute Gasteiger partial charge is 0.356 e. The lowest BCUT2D eigenvalue weighted by molar-refractivity contribution is -0.122. The van der Waals surface area contributed by atoms with E-state index in [4.69, 9.17) is 0 Å². The number of nitrogens with one attached hydrogen (secondary N) is 1. The standard InChI is InChI=1S/C18H27N5O3S/c1-13-16(11-19-20-17(24)14-5-6-14)18(22-8-3-2-4-9-22)23(21-13)15-7-10-27(25,26)12-15/h11,14-15H,2-10,12H2,1H3,(H,20,24)/t15-/m1/s1. The van der Waals surface area contributed by atoms with Crippen molar-refractivity contribution in [3.63, 3.8) is 0 Å². The lowest BCUT2D eigenvalue weighted by Gasteiger charge is -2.30. The Kier molecular flexibility index (Phi) is 4.96. The Labute approximate surface area is 159 Å². The molecule has 4 rings (SSSR count). The zero-order valence-electron chi connectivity index (χ0n) is 15.7. The van der Waals surface area contributed by atoms with Crippen molar-refractivity contribution in [2.45, 2.75) is 51.5 Å². The van der Waals surface area contributed by atoms with Gasteiger partial charge in [0.1, 0.15) is 5.82 Å². The molecule has 3 aliphatic rings. The quantitative estimate of drug-likeness (QED) is 0.602. The van der Waals surface area contributed by atoms with Crippen LogP contribution in [0.1, 0.15) is 55.8 Å². The van der Waals surface area contributed by atoms with Crippen molar-refractivity contribution in [3.8, 4) is 0 Å². The van der Waals surface area contributed by atoms with Crippen molar-refractivity contribution in [1.82, 2.24) is 15.2 Å². The number of carbonyl (C=O) groups excluding carboxylic acids is 1. The number of hydrazone groups is 1. The number of amides is 1. The second-order valence-electron chi connectivity index (χ2n) is 7.88. The summed E-state index contributed by atoms with van der Waals surface area (Å²) in [6, 6.07) is -0.131. The lowest BCUT2D eigenvalue weighted by Crippen LogP contribution is -2.33. The molecule has 148 valence electrons. The molecule has 2 aliphatic heterocycles. The minimum atomic E-state index is -3.00. The van der Waals surface area contributed by atoms with E-state index in [1.54, 1.807) is 6.21 Å². The number of carbonyl (C=O) groups is 1. The van der Waals surface area contributed by atoms with Crippen LogP contribution in [0.4, 0.5) is 5.82 Å². The van der Waals surface area contributed by atoms with Crippen LogP contribution in [0.25, 0.3) is 0 Å². The van der Waals surface area contributed by atoms with Crippen LogP contribution in [0.2, 0.25) is 0 Å². The van der Waals surface area contributed by atoms with E-state index in [9.17, 15) is 13.2 Å². The van der Waals surface area contributed by atoms with Crippen LogP contribution in [-0.2, 0) is 14.6 Å². The summed E-state index contributed by atoms with van der Waals surface area (Å²) in [5.41, 5.74) is 4.30. The highest BCUT2D eigenvalue weighted by molar-refractivity contribution is 7.91. The van der Waals surface area contributed by atoms with Crippen LogP contribution in [0, 0.1) is 12.8 Å². The van der Waals surface area contributed by atoms with Crippen molar-refractivity contribution in [1.29, 1.82) is 0 Å². The molecule has 0 radical (unpaired) electrons. The van der Waals surface area contributed by atoms with E-state index in [1.165, 1.54) is 6.42 Å². The van der Waals surface area contributed by atoms with Crippen molar-refractivity contribution in [2.24, 2.45) is 11.0 Å². The number of hydrogen-bond acceptors (Lipinski definition) is 6. The molecule has 1 atom stereocenters. The molecule has 1 saturated carbocycles. The van der Waals surface area contributed by atoms with Crippen LogP contribution >= 0.6 is 0 Å².